The van der Waals surface area contributed by atoms with E-state index in [0.29, 0.717) is 17.9 Å². The standard InChI is InChI=1S/C23H30O2/c1-5-22(24)18-7-6-17-15-21(11-8-16(17)14-18)25-20-12-9-19(10-13-20)23(2,3)4/h6-8,11,14-15,19-20H,5,9-10,12-13H2,1-4H3. The van der Waals surface area contributed by atoms with Crippen LogP contribution >= 0.6 is 0 Å². The van der Waals surface area contributed by atoms with Gasteiger partial charge < -0.3 is 4.74 Å². The number of rotatable bonds is 4. The van der Waals surface area contributed by atoms with Crippen LogP contribution in [0.5, 0.6) is 5.75 Å². The Morgan fingerprint density at radius 3 is 2.28 bits per heavy atom. The van der Waals surface area contributed by atoms with Crippen molar-refractivity contribution in [1.82, 2.24) is 0 Å². The molecule has 0 unspecified atom stereocenters. The van der Waals surface area contributed by atoms with Gasteiger partial charge in [0, 0.05) is 12.0 Å². The lowest BCUT2D eigenvalue weighted by atomic mass is 9.72. The Morgan fingerprint density at radius 1 is 1.00 bits per heavy atom. The number of benzene rings is 2. The van der Waals surface area contributed by atoms with E-state index in [1.54, 1.807) is 0 Å². The van der Waals surface area contributed by atoms with Gasteiger partial charge >= 0.3 is 0 Å². The van der Waals surface area contributed by atoms with E-state index in [1.165, 1.54) is 12.8 Å². The molecule has 0 atom stereocenters. The van der Waals surface area contributed by atoms with Crippen LogP contribution in [-0.2, 0) is 0 Å². The summed E-state index contributed by atoms with van der Waals surface area (Å²) in [6.07, 6.45) is 5.67. The molecule has 1 saturated carbocycles. The van der Waals surface area contributed by atoms with Crippen LogP contribution in [-0.4, -0.2) is 11.9 Å². The molecule has 2 nitrogen and oxygen atoms in total. The van der Waals surface area contributed by atoms with Crippen LogP contribution in [0.3, 0.4) is 0 Å². The molecule has 134 valence electrons. The van der Waals surface area contributed by atoms with E-state index in [2.05, 4.69) is 32.9 Å². The molecule has 1 aliphatic rings. The summed E-state index contributed by atoms with van der Waals surface area (Å²) in [6.45, 7) is 8.94. The molecular weight excluding hydrogens is 308 g/mol. The van der Waals surface area contributed by atoms with Crippen LogP contribution in [0.15, 0.2) is 36.4 Å². The van der Waals surface area contributed by atoms with Gasteiger partial charge in [0.05, 0.1) is 6.10 Å². The predicted molar refractivity (Wildman–Crippen MR) is 104 cm³/mol. The molecule has 0 bridgehead atoms. The number of carbonyl (C=O) groups excluding carboxylic acids is 1. The third-order valence-electron chi connectivity index (χ3n) is 5.66. The molecule has 0 saturated heterocycles. The first-order chi connectivity index (χ1) is 11.9. The molecule has 3 rings (SSSR count). The molecular formula is C23H30O2. The smallest absolute Gasteiger partial charge is 0.162 e. The van der Waals surface area contributed by atoms with Crippen molar-refractivity contribution in [2.75, 3.05) is 0 Å². The number of ether oxygens (including phenoxy) is 1. The van der Waals surface area contributed by atoms with Gasteiger partial charge in [-0.3, -0.25) is 4.79 Å². The first-order valence-corrected chi connectivity index (χ1v) is 9.60. The Morgan fingerprint density at radius 2 is 1.64 bits per heavy atom. The zero-order valence-electron chi connectivity index (χ0n) is 16.0. The zero-order chi connectivity index (χ0) is 18.0. The third-order valence-corrected chi connectivity index (χ3v) is 5.66. The Hall–Kier alpha value is -1.83. The molecule has 0 N–H and O–H groups in total. The molecule has 2 aromatic rings. The number of Topliss-reactive ketones (excluding diaryl/α,β-unsaturated/α-hetero) is 1. The number of hydrogen-bond acceptors (Lipinski definition) is 2. The highest BCUT2D eigenvalue weighted by atomic mass is 16.5. The lowest BCUT2D eigenvalue weighted by Gasteiger charge is -2.37. The van der Waals surface area contributed by atoms with Gasteiger partial charge in [-0.15, -0.1) is 0 Å². The number of fused-ring (bicyclic) bond motifs is 1. The maximum atomic E-state index is 11.9. The molecule has 0 aromatic heterocycles. The van der Waals surface area contributed by atoms with Crippen molar-refractivity contribution in [2.45, 2.75) is 65.9 Å². The largest absolute Gasteiger partial charge is 0.490 e. The fraction of sp³-hybridized carbons (Fsp3) is 0.522. The highest BCUT2D eigenvalue weighted by Gasteiger charge is 2.30. The van der Waals surface area contributed by atoms with E-state index in [4.69, 9.17) is 4.74 Å². The van der Waals surface area contributed by atoms with E-state index < -0.39 is 0 Å². The SMILES string of the molecule is CCC(=O)c1ccc2cc(OC3CCC(C(C)(C)C)CC3)ccc2c1. The van der Waals surface area contributed by atoms with E-state index in [-0.39, 0.29) is 5.78 Å². The monoisotopic (exact) mass is 338 g/mol. The van der Waals surface area contributed by atoms with Crippen molar-refractivity contribution in [3.63, 3.8) is 0 Å². The van der Waals surface area contributed by atoms with Crippen molar-refractivity contribution < 1.29 is 9.53 Å². The molecule has 1 aliphatic carbocycles. The number of hydrogen-bond donors (Lipinski definition) is 0. The summed E-state index contributed by atoms with van der Waals surface area (Å²) in [7, 11) is 0. The van der Waals surface area contributed by atoms with Crippen LogP contribution in [0, 0.1) is 11.3 Å². The van der Waals surface area contributed by atoms with Crippen molar-refractivity contribution >= 4 is 16.6 Å². The van der Waals surface area contributed by atoms with Crippen LogP contribution in [0.2, 0.25) is 0 Å². The van der Waals surface area contributed by atoms with Crippen LogP contribution < -0.4 is 4.74 Å². The summed E-state index contributed by atoms with van der Waals surface area (Å²) in [4.78, 5) is 11.9. The van der Waals surface area contributed by atoms with Gasteiger partial charge in [0.25, 0.3) is 0 Å². The predicted octanol–water partition coefficient (Wildman–Crippen LogP) is 6.42. The molecule has 0 amide bonds. The van der Waals surface area contributed by atoms with Gasteiger partial charge in [-0.2, -0.15) is 0 Å². The summed E-state index contributed by atoms with van der Waals surface area (Å²) in [6, 6.07) is 12.1. The molecule has 1 fully saturated rings. The van der Waals surface area contributed by atoms with E-state index in [1.807, 2.05) is 31.2 Å². The molecule has 0 radical (unpaired) electrons. The number of ketones is 1. The van der Waals surface area contributed by atoms with Crippen molar-refractivity contribution in [3.8, 4) is 5.75 Å². The zero-order valence-corrected chi connectivity index (χ0v) is 16.0. The van der Waals surface area contributed by atoms with Gasteiger partial charge in [0.15, 0.2) is 5.78 Å². The summed E-state index contributed by atoms with van der Waals surface area (Å²) in [5.41, 5.74) is 1.20. The molecule has 0 aliphatic heterocycles. The molecule has 2 heteroatoms. The maximum absolute atomic E-state index is 11.9. The van der Waals surface area contributed by atoms with Gasteiger partial charge in [0.1, 0.15) is 5.75 Å². The van der Waals surface area contributed by atoms with Gasteiger partial charge in [-0.1, -0.05) is 45.9 Å². The topological polar surface area (TPSA) is 26.3 Å². The molecule has 0 heterocycles. The van der Waals surface area contributed by atoms with E-state index >= 15 is 0 Å². The molecule has 2 aromatic carbocycles. The first kappa shape index (κ1) is 18.0. The third kappa shape index (κ3) is 4.23. The average molecular weight is 338 g/mol. The fourth-order valence-electron chi connectivity index (χ4n) is 3.91. The minimum Gasteiger partial charge on any atom is -0.490 e. The first-order valence-electron chi connectivity index (χ1n) is 9.60. The Labute approximate surface area is 151 Å². The van der Waals surface area contributed by atoms with Crippen molar-refractivity contribution in [1.29, 1.82) is 0 Å². The highest BCUT2D eigenvalue weighted by Crippen LogP contribution is 2.39. The van der Waals surface area contributed by atoms with Crippen LogP contribution in [0.1, 0.15) is 70.2 Å². The minimum atomic E-state index is 0.192. The van der Waals surface area contributed by atoms with Crippen LogP contribution in [0.25, 0.3) is 10.8 Å². The Kier molecular flexibility index (Phi) is 5.17. The summed E-state index contributed by atoms with van der Waals surface area (Å²) in [5.74, 6) is 1.94. The minimum absolute atomic E-state index is 0.192. The van der Waals surface area contributed by atoms with Crippen LogP contribution in [0.4, 0.5) is 0 Å². The van der Waals surface area contributed by atoms with E-state index in [9.17, 15) is 4.79 Å². The Balaban J connectivity index is 1.68. The quantitative estimate of drug-likeness (QED) is 0.602. The Bertz CT molecular complexity index is 746. The van der Waals surface area contributed by atoms with Crippen molar-refractivity contribution in [2.24, 2.45) is 11.3 Å². The second kappa shape index (κ2) is 7.19. The van der Waals surface area contributed by atoms with Gasteiger partial charge in [0.2, 0.25) is 0 Å². The highest BCUT2D eigenvalue weighted by molar-refractivity contribution is 5.99. The van der Waals surface area contributed by atoms with Crippen molar-refractivity contribution in [3.05, 3.63) is 42.0 Å². The maximum Gasteiger partial charge on any atom is 0.162 e. The van der Waals surface area contributed by atoms with Gasteiger partial charge in [-0.05, 0) is 66.0 Å². The fourth-order valence-corrected chi connectivity index (χ4v) is 3.91. The summed E-state index contributed by atoms with van der Waals surface area (Å²) < 4.78 is 6.26. The molecule has 0 spiro atoms. The van der Waals surface area contributed by atoms with Gasteiger partial charge in [-0.25, -0.2) is 0 Å². The summed E-state index contributed by atoms with van der Waals surface area (Å²) >= 11 is 0. The second-order valence-electron chi connectivity index (χ2n) is 8.46. The lowest BCUT2D eigenvalue weighted by Crippen LogP contribution is -2.30. The lowest BCUT2D eigenvalue weighted by molar-refractivity contribution is 0.0883. The number of carbonyl (C=O) groups is 1. The normalized spacial score (nSPS) is 21.3. The van der Waals surface area contributed by atoms with E-state index in [0.717, 1.165) is 40.8 Å². The summed E-state index contributed by atoms with van der Waals surface area (Å²) in [5, 5.41) is 2.23. The second-order valence-corrected chi connectivity index (χ2v) is 8.46. The average Bonchev–Trinajstić information content (AvgIpc) is 2.60. The molecule has 25 heavy (non-hydrogen) atoms.